The van der Waals surface area contributed by atoms with E-state index in [0.29, 0.717) is 13.2 Å². The molecule has 2 rings (SSSR count). The first-order valence-electron chi connectivity index (χ1n) is 7.71. The molecule has 1 aromatic rings. The fourth-order valence-electron chi connectivity index (χ4n) is 2.38. The number of rotatable bonds is 3. The lowest BCUT2D eigenvalue weighted by molar-refractivity contribution is -0.0897. The summed E-state index contributed by atoms with van der Waals surface area (Å²) in [5.41, 5.74) is 0.614. The highest BCUT2D eigenvalue weighted by molar-refractivity contribution is 9.10. The molecule has 0 aromatic heterocycles. The molecule has 1 heterocycles. The Bertz CT molecular complexity index is 496. The molecule has 0 spiro atoms. The molecule has 1 aliphatic rings. The zero-order valence-electron chi connectivity index (χ0n) is 13.5. The van der Waals surface area contributed by atoms with E-state index in [9.17, 15) is 4.79 Å². The van der Waals surface area contributed by atoms with Gasteiger partial charge in [0, 0.05) is 11.0 Å². The van der Waals surface area contributed by atoms with Gasteiger partial charge >= 0.3 is 6.09 Å². The number of ether oxygens (including phenoxy) is 2. The Kier molecular flexibility index (Phi) is 5.87. The van der Waals surface area contributed by atoms with Crippen molar-refractivity contribution in [1.82, 2.24) is 4.90 Å². The summed E-state index contributed by atoms with van der Waals surface area (Å²) in [5.74, 6) is 0. The topological polar surface area (TPSA) is 38.8 Å². The first-order chi connectivity index (χ1) is 10.3. The number of nitrogens with zero attached hydrogens (tertiary/aromatic N) is 1. The van der Waals surface area contributed by atoms with E-state index in [1.165, 1.54) is 0 Å². The molecule has 0 bridgehead atoms. The van der Waals surface area contributed by atoms with Gasteiger partial charge in [-0.25, -0.2) is 4.79 Å². The standard InChI is InChI=1S/C17H24BrNO3/c1-17(2,3)22-16(20)19-11-5-4-6-15(19)21-12-13-7-9-14(18)10-8-13/h7-10,15H,4-6,11-12H2,1-3H3. The van der Waals surface area contributed by atoms with Crippen LogP contribution < -0.4 is 0 Å². The first kappa shape index (κ1) is 17.3. The Hall–Kier alpha value is -1.07. The molecule has 0 radical (unpaired) electrons. The molecule has 1 atom stereocenters. The Morgan fingerprint density at radius 1 is 1.27 bits per heavy atom. The van der Waals surface area contributed by atoms with Crippen LogP contribution in [0.15, 0.2) is 28.7 Å². The van der Waals surface area contributed by atoms with Crippen LogP contribution in [0.3, 0.4) is 0 Å². The average molecular weight is 370 g/mol. The third-order valence-corrected chi connectivity index (χ3v) is 3.96. The van der Waals surface area contributed by atoms with Crippen LogP contribution in [0.1, 0.15) is 45.6 Å². The zero-order chi connectivity index (χ0) is 16.2. The molecule has 0 aliphatic carbocycles. The van der Waals surface area contributed by atoms with E-state index < -0.39 is 5.60 Å². The SMILES string of the molecule is CC(C)(C)OC(=O)N1CCCCC1OCc1ccc(Br)cc1. The quantitative estimate of drug-likeness (QED) is 0.773. The van der Waals surface area contributed by atoms with Gasteiger partial charge in [-0.3, -0.25) is 4.90 Å². The minimum atomic E-state index is -0.481. The Morgan fingerprint density at radius 2 is 1.95 bits per heavy atom. The largest absolute Gasteiger partial charge is 0.444 e. The normalized spacial score (nSPS) is 19.1. The van der Waals surface area contributed by atoms with Crippen LogP contribution in [-0.2, 0) is 16.1 Å². The van der Waals surface area contributed by atoms with Crippen LogP contribution in [0.4, 0.5) is 4.79 Å². The van der Waals surface area contributed by atoms with Crippen LogP contribution in [0.25, 0.3) is 0 Å². The predicted molar refractivity (Wildman–Crippen MR) is 89.5 cm³/mol. The van der Waals surface area contributed by atoms with Crippen LogP contribution in [0, 0.1) is 0 Å². The lowest BCUT2D eigenvalue weighted by Gasteiger charge is -2.36. The lowest BCUT2D eigenvalue weighted by atomic mass is 10.1. The molecule has 1 amide bonds. The highest BCUT2D eigenvalue weighted by Gasteiger charge is 2.30. The molecule has 122 valence electrons. The van der Waals surface area contributed by atoms with Gasteiger partial charge in [-0.05, 0) is 57.7 Å². The van der Waals surface area contributed by atoms with Gasteiger partial charge in [0.05, 0.1) is 6.61 Å². The number of hydrogen-bond acceptors (Lipinski definition) is 3. The van der Waals surface area contributed by atoms with Crippen LogP contribution >= 0.6 is 15.9 Å². The smallest absolute Gasteiger partial charge is 0.412 e. The zero-order valence-corrected chi connectivity index (χ0v) is 15.1. The summed E-state index contributed by atoms with van der Waals surface area (Å²) in [5, 5.41) is 0. The average Bonchev–Trinajstić information content (AvgIpc) is 2.45. The third kappa shape index (κ3) is 5.29. The highest BCUT2D eigenvalue weighted by atomic mass is 79.9. The molecule has 4 nitrogen and oxygen atoms in total. The maximum absolute atomic E-state index is 12.3. The molecule has 5 heteroatoms. The maximum Gasteiger partial charge on any atom is 0.412 e. The molecular weight excluding hydrogens is 346 g/mol. The number of halogens is 1. The minimum Gasteiger partial charge on any atom is -0.444 e. The number of amides is 1. The molecule has 0 saturated carbocycles. The highest BCUT2D eigenvalue weighted by Crippen LogP contribution is 2.22. The number of hydrogen-bond donors (Lipinski definition) is 0. The van der Waals surface area contributed by atoms with Crippen molar-refractivity contribution in [3.05, 3.63) is 34.3 Å². The van der Waals surface area contributed by atoms with Gasteiger partial charge in [0.25, 0.3) is 0 Å². The summed E-state index contributed by atoms with van der Waals surface area (Å²) in [7, 11) is 0. The van der Waals surface area contributed by atoms with Crippen molar-refractivity contribution in [2.24, 2.45) is 0 Å². The Morgan fingerprint density at radius 3 is 2.59 bits per heavy atom. The van der Waals surface area contributed by atoms with E-state index in [2.05, 4.69) is 15.9 Å². The lowest BCUT2D eigenvalue weighted by Crippen LogP contribution is -2.47. The number of likely N-dealkylation sites (tertiary alicyclic amines) is 1. The molecular formula is C17H24BrNO3. The van der Waals surface area contributed by atoms with Crippen molar-refractivity contribution in [3.8, 4) is 0 Å². The summed E-state index contributed by atoms with van der Waals surface area (Å²) in [6.45, 7) is 6.84. The van der Waals surface area contributed by atoms with Gasteiger partial charge in [0.1, 0.15) is 11.8 Å². The summed E-state index contributed by atoms with van der Waals surface area (Å²) in [6, 6.07) is 8.02. The Balaban J connectivity index is 1.94. The molecule has 1 saturated heterocycles. The summed E-state index contributed by atoms with van der Waals surface area (Å²) < 4.78 is 12.5. The summed E-state index contributed by atoms with van der Waals surface area (Å²) >= 11 is 3.42. The monoisotopic (exact) mass is 369 g/mol. The predicted octanol–water partition coefficient (Wildman–Crippen LogP) is 4.71. The fraction of sp³-hybridized carbons (Fsp3) is 0.588. The fourth-order valence-corrected chi connectivity index (χ4v) is 2.64. The van der Waals surface area contributed by atoms with E-state index in [-0.39, 0.29) is 12.3 Å². The number of carbonyl (C=O) groups excluding carboxylic acids is 1. The van der Waals surface area contributed by atoms with E-state index in [0.717, 1.165) is 29.3 Å². The summed E-state index contributed by atoms with van der Waals surface area (Å²) in [6.07, 6.45) is 2.44. The van der Waals surface area contributed by atoms with Crippen molar-refractivity contribution in [2.45, 2.75) is 58.5 Å². The van der Waals surface area contributed by atoms with Crippen molar-refractivity contribution in [2.75, 3.05) is 6.54 Å². The number of carbonyl (C=O) groups is 1. The number of benzene rings is 1. The van der Waals surface area contributed by atoms with Gasteiger partial charge < -0.3 is 9.47 Å². The van der Waals surface area contributed by atoms with E-state index in [1.54, 1.807) is 4.90 Å². The maximum atomic E-state index is 12.3. The number of piperidine rings is 1. The van der Waals surface area contributed by atoms with Crippen LogP contribution in [-0.4, -0.2) is 29.4 Å². The van der Waals surface area contributed by atoms with Gasteiger partial charge in [0.2, 0.25) is 0 Å². The molecule has 0 N–H and O–H groups in total. The third-order valence-electron chi connectivity index (χ3n) is 3.43. The summed E-state index contributed by atoms with van der Waals surface area (Å²) in [4.78, 5) is 14.0. The second-order valence-electron chi connectivity index (χ2n) is 6.56. The molecule has 1 aliphatic heterocycles. The van der Waals surface area contributed by atoms with Gasteiger partial charge in [0.15, 0.2) is 0 Å². The van der Waals surface area contributed by atoms with Gasteiger partial charge in [-0.1, -0.05) is 28.1 Å². The second-order valence-corrected chi connectivity index (χ2v) is 7.48. The molecule has 1 aromatic carbocycles. The molecule has 1 fully saturated rings. The second kappa shape index (κ2) is 7.47. The van der Waals surface area contributed by atoms with Crippen molar-refractivity contribution >= 4 is 22.0 Å². The molecule has 22 heavy (non-hydrogen) atoms. The Labute approximate surface area is 140 Å². The van der Waals surface area contributed by atoms with Gasteiger partial charge in [-0.15, -0.1) is 0 Å². The van der Waals surface area contributed by atoms with E-state index in [1.807, 2.05) is 45.0 Å². The van der Waals surface area contributed by atoms with Crippen LogP contribution in [0.5, 0.6) is 0 Å². The van der Waals surface area contributed by atoms with E-state index in [4.69, 9.17) is 9.47 Å². The van der Waals surface area contributed by atoms with Crippen molar-refractivity contribution < 1.29 is 14.3 Å². The minimum absolute atomic E-state index is 0.202. The van der Waals surface area contributed by atoms with Crippen molar-refractivity contribution in [3.63, 3.8) is 0 Å². The molecule has 1 unspecified atom stereocenters. The van der Waals surface area contributed by atoms with Crippen LogP contribution in [0.2, 0.25) is 0 Å². The first-order valence-corrected chi connectivity index (χ1v) is 8.50. The van der Waals surface area contributed by atoms with E-state index >= 15 is 0 Å². The van der Waals surface area contributed by atoms with Gasteiger partial charge in [-0.2, -0.15) is 0 Å². The van der Waals surface area contributed by atoms with Crippen molar-refractivity contribution in [1.29, 1.82) is 0 Å².